The molecule has 5 heterocycles. The molecule has 0 radical (unpaired) electrons. The number of aromatic hydroxyl groups is 1. The fourth-order valence-corrected chi connectivity index (χ4v) is 10.4. The number of hydrogen-bond donors (Lipinski definition) is 2. The molecule has 2 N–H and O–H groups in total. The number of nitrogens with zero attached hydrogens (tertiary/aromatic N) is 4. The molecule has 0 unspecified atom stereocenters. The van der Waals surface area contributed by atoms with Crippen molar-refractivity contribution in [1.82, 2.24) is 15.1 Å². The second kappa shape index (κ2) is 14.1. The van der Waals surface area contributed by atoms with E-state index in [0.717, 1.165) is 96.0 Å². The summed E-state index contributed by atoms with van der Waals surface area (Å²) in [6, 6.07) is 20.9. The molecule has 3 aromatic carbocycles. The van der Waals surface area contributed by atoms with E-state index in [2.05, 4.69) is 56.4 Å². The van der Waals surface area contributed by atoms with Crippen LogP contribution in [0.3, 0.4) is 0 Å². The molecule has 53 heavy (non-hydrogen) atoms. The van der Waals surface area contributed by atoms with Gasteiger partial charge < -0.3 is 24.5 Å². The van der Waals surface area contributed by atoms with Gasteiger partial charge in [-0.25, -0.2) is 0 Å². The van der Waals surface area contributed by atoms with Crippen LogP contribution in [0.5, 0.6) is 5.75 Å². The van der Waals surface area contributed by atoms with Gasteiger partial charge in [0.25, 0.3) is 5.91 Å². The van der Waals surface area contributed by atoms with Crippen molar-refractivity contribution in [3.8, 4) is 5.75 Å². The van der Waals surface area contributed by atoms with Crippen LogP contribution in [0.25, 0.3) is 0 Å². The summed E-state index contributed by atoms with van der Waals surface area (Å²) < 4.78 is 5.83. The van der Waals surface area contributed by atoms with Crippen molar-refractivity contribution in [2.24, 2.45) is 11.3 Å². The Bertz CT molecular complexity index is 1870. The summed E-state index contributed by atoms with van der Waals surface area (Å²) in [6.07, 6.45) is 7.39. The maximum atomic E-state index is 13.1. The Hall–Kier alpha value is -4.41. The monoisotopic (exact) mass is 717 g/mol. The van der Waals surface area contributed by atoms with Crippen LogP contribution in [-0.2, 0) is 27.3 Å². The van der Waals surface area contributed by atoms with Gasteiger partial charge in [-0.2, -0.15) is 0 Å². The molecule has 10 heteroatoms. The molecule has 0 saturated carbocycles. The predicted octanol–water partition coefficient (Wildman–Crippen LogP) is 5.07. The fraction of sp³-hybridized carbons (Fsp3) is 0.512. The summed E-state index contributed by atoms with van der Waals surface area (Å²) in [4.78, 5) is 46.5. The first-order valence-electron chi connectivity index (χ1n) is 19.8. The molecular weight excluding hydrogens is 667 g/mol. The molecule has 9 rings (SSSR count). The number of carbonyl (C=O) groups excluding carboxylic acids is 3. The number of anilines is 2. The summed E-state index contributed by atoms with van der Waals surface area (Å²) >= 11 is 0. The van der Waals surface area contributed by atoms with E-state index in [9.17, 15) is 19.5 Å². The lowest BCUT2D eigenvalue weighted by Crippen LogP contribution is -2.52. The second-order valence-corrected chi connectivity index (χ2v) is 16.3. The van der Waals surface area contributed by atoms with E-state index in [-0.39, 0.29) is 29.6 Å². The van der Waals surface area contributed by atoms with Gasteiger partial charge in [0.1, 0.15) is 11.8 Å². The van der Waals surface area contributed by atoms with Gasteiger partial charge in [0, 0.05) is 94.8 Å². The fourth-order valence-electron chi connectivity index (χ4n) is 10.4. The summed E-state index contributed by atoms with van der Waals surface area (Å²) in [5.74, 6) is 0.641. The average Bonchev–Trinajstić information content (AvgIpc) is 3.51. The SMILES string of the molecule is O=C1CC[C@@H](N2Cc3cc(N4CCN(CC5CCN(c6ccc([C@H]7c8ccc(O)cc8CCC78CCOCC8)cc6)CC5)CC4)ccc3C2=O)C(=O)N1. The van der Waals surface area contributed by atoms with Crippen LogP contribution in [-0.4, -0.2) is 97.7 Å². The summed E-state index contributed by atoms with van der Waals surface area (Å²) in [7, 11) is 0. The number of aryl methyl sites for hydroxylation is 1. The van der Waals surface area contributed by atoms with E-state index in [1.165, 1.54) is 35.2 Å². The normalized spacial score (nSPS) is 25.1. The van der Waals surface area contributed by atoms with Gasteiger partial charge in [0.15, 0.2) is 0 Å². The number of nitrogens with one attached hydrogen (secondary N) is 1. The van der Waals surface area contributed by atoms with Gasteiger partial charge in [-0.05, 0) is 121 Å². The maximum Gasteiger partial charge on any atom is 0.255 e. The quantitative estimate of drug-likeness (QED) is 0.341. The number of piperidine rings is 2. The van der Waals surface area contributed by atoms with Crippen LogP contribution < -0.4 is 15.1 Å². The molecule has 5 aliphatic heterocycles. The number of rotatable bonds is 6. The van der Waals surface area contributed by atoms with E-state index < -0.39 is 6.04 Å². The highest BCUT2D eigenvalue weighted by molar-refractivity contribution is 6.05. The smallest absolute Gasteiger partial charge is 0.255 e. The van der Waals surface area contributed by atoms with E-state index in [4.69, 9.17) is 4.74 Å². The number of phenolic OH excluding ortho intramolecular Hbond substituents is 1. The number of amides is 3. The number of phenols is 1. The van der Waals surface area contributed by atoms with Crippen molar-refractivity contribution in [3.05, 3.63) is 88.5 Å². The minimum atomic E-state index is -0.584. The number of ether oxygens (including phenoxy) is 1. The average molecular weight is 718 g/mol. The lowest BCUT2D eigenvalue weighted by molar-refractivity contribution is -0.136. The number of imide groups is 1. The van der Waals surface area contributed by atoms with Crippen LogP contribution in [0.1, 0.15) is 83.5 Å². The third-order valence-electron chi connectivity index (χ3n) is 13.4. The molecule has 0 aromatic heterocycles. The lowest BCUT2D eigenvalue weighted by atomic mass is 9.58. The lowest BCUT2D eigenvalue weighted by Gasteiger charge is -2.48. The third kappa shape index (κ3) is 6.58. The topological polar surface area (TPSA) is 106 Å². The molecule has 3 aromatic rings. The molecule has 1 spiro atoms. The first kappa shape index (κ1) is 34.4. The summed E-state index contributed by atoms with van der Waals surface area (Å²) in [5, 5.41) is 12.6. The highest BCUT2D eigenvalue weighted by Crippen LogP contribution is 2.55. The highest BCUT2D eigenvalue weighted by atomic mass is 16.5. The number of carbonyl (C=O) groups is 3. The van der Waals surface area contributed by atoms with Crippen molar-refractivity contribution in [3.63, 3.8) is 0 Å². The predicted molar refractivity (Wildman–Crippen MR) is 203 cm³/mol. The van der Waals surface area contributed by atoms with Gasteiger partial charge in [0.2, 0.25) is 11.8 Å². The summed E-state index contributed by atoms with van der Waals surface area (Å²) in [6.45, 7) is 9.34. The van der Waals surface area contributed by atoms with Crippen molar-refractivity contribution in [2.75, 3.05) is 68.8 Å². The number of piperazine rings is 1. The zero-order valence-corrected chi connectivity index (χ0v) is 30.6. The van der Waals surface area contributed by atoms with Gasteiger partial charge in [-0.1, -0.05) is 18.2 Å². The zero-order chi connectivity index (χ0) is 36.1. The minimum absolute atomic E-state index is 0.120. The Morgan fingerprint density at radius 1 is 0.755 bits per heavy atom. The molecule has 4 fully saturated rings. The van der Waals surface area contributed by atoms with Crippen LogP contribution in [0, 0.1) is 11.3 Å². The molecule has 278 valence electrons. The van der Waals surface area contributed by atoms with Crippen molar-refractivity contribution < 1.29 is 24.2 Å². The Morgan fingerprint density at radius 3 is 2.25 bits per heavy atom. The molecule has 0 bridgehead atoms. The Kier molecular flexibility index (Phi) is 9.14. The van der Waals surface area contributed by atoms with Gasteiger partial charge in [0.05, 0.1) is 0 Å². The first-order chi connectivity index (χ1) is 25.8. The number of hydrogen-bond acceptors (Lipinski definition) is 8. The second-order valence-electron chi connectivity index (χ2n) is 16.3. The zero-order valence-electron chi connectivity index (χ0n) is 30.6. The van der Waals surface area contributed by atoms with Crippen molar-refractivity contribution in [2.45, 2.75) is 69.9 Å². The van der Waals surface area contributed by atoms with E-state index >= 15 is 0 Å². The molecule has 10 nitrogen and oxygen atoms in total. The van der Waals surface area contributed by atoms with E-state index in [0.29, 0.717) is 36.1 Å². The van der Waals surface area contributed by atoms with Gasteiger partial charge in [-0.3, -0.25) is 24.6 Å². The van der Waals surface area contributed by atoms with Crippen LogP contribution in [0.4, 0.5) is 11.4 Å². The van der Waals surface area contributed by atoms with Gasteiger partial charge >= 0.3 is 0 Å². The third-order valence-corrected chi connectivity index (χ3v) is 13.4. The molecule has 3 amide bonds. The Balaban J connectivity index is 0.776. The molecule has 1 aliphatic carbocycles. The van der Waals surface area contributed by atoms with Crippen LogP contribution in [0.2, 0.25) is 0 Å². The summed E-state index contributed by atoms with van der Waals surface area (Å²) in [5.41, 5.74) is 8.36. The number of fused-ring (bicyclic) bond motifs is 2. The molecule has 6 aliphatic rings. The Labute approximate surface area is 312 Å². The largest absolute Gasteiger partial charge is 0.508 e. The Morgan fingerprint density at radius 2 is 1.49 bits per heavy atom. The van der Waals surface area contributed by atoms with E-state index in [1.54, 1.807) is 4.90 Å². The van der Waals surface area contributed by atoms with Crippen molar-refractivity contribution >= 4 is 29.1 Å². The number of benzene rings is 3. The molecular formula is C43H51N5O5. The molecule has 2 atom stereocenters. The maximum absolute atomic E-state index is 13.1. The standard InChI is InChI=1S/C43H51N5O5/c49-35-6-8-36-31(26-35)11-14-43(15-23-53-24-16-43)40(36)30-1-3-33(4-2-30)46-17-12-29(13-18-46)27-45-19-21-47(22-20-45)34-5-7-37-32(25-34)28-48(42(37)52)38-9-10-39(50)44-41(38)51/h1-8,25-26,29,38,40,49H,9-24,27-28H2,(H,44,50,51)/t38-,40+/m1/s1. The van der Waals surface area contributed by atoms with E-state index in [1.807, 2.05) is 24.3 Å². The van der Waals surface area contributed by atoms with Crippen LogP contribution >= 0.6 is 0 Å². The van der Waals surface area contributed by atoms with Crippen LogP contribution in [0.15, 0.2) is 60.7 Å². The molecule has 4 saturated heterocycles. The first-order valence-corrected chi connectivity index (χ1v) is 19.8. The van der Waals surface area contributed by atoms with Crippen molar-refractivity contribution in [1.29, 1.82) is 0 Å². The minimum Gasteiger partial charge on any atom is -0.508 e. The van der Waals surface area contributed by atoms with Gasteiger partial charge in [-0.15, -0.1) is 0 Å². The highest BCUT2D eigenvalue weighted by Gasteiger charge is 2.45.